The van der Waals surface area contributed by atoms with Crippen LogP contribution in [0.3, 0.4) is 0 Å². The van der Waals surface area contributed by atoms with E-state index < -0.39 is 27.6 Å². The largest absolute Gasteiger partial charge is 0.416 e. The molecule has 2 unspecified atom stereocenters. The third kappa shape index (κ3) is 4.20. The Morgan fingerprint density at radius 1 is 1.29 bits per heavy atom. The minimum atomic E-state index is -4.41. The fraction of sp³-hybridized carbons (Fsp3) is 0.571. The lowest BCUT2D eigenvalue weighted by molar-refractivity contribution is -0.138. The van der Waals surface area contributed by atoms with E-state index in [9.17, 15) is 21.6 Å². The van der Waals surface area contributed by atoms with Gasteiger partial charge in [-0.25, -0.2) is 8.42 Å². The van der Waals surface area contributed by atoms with Crippen molar-refractivity contribution in [3.8, 4) is 0 Å². The molecule has 0 amide bonds. The molecule has 3 nitrogen and oxygen atoms in total. The van der Waals surface area contributed by atoms with Crippen LogP contribution in [-0.2, 0) is 16.0 Å². The molecule has 21 heavy (non-hydrogen) atoms. The summed E-state index contributed by atoms with van der Waals surface area (Å²) in [5.74, 6) is 0.157. The molecular weight excluding hydrogens is 303 g/mol. The van der Waals surface area contributed by atoms with E-state index in [1.54, 1.807) is 13.0 Å². The molecule has 2 rings (SSSR count). The van der Waals surface area contributed by atoms with E-state index in [2.05, 4.69) is 5.32 Å². The van der Waals surface area contributed by atoms with Gasteiger partial charge in [-0.15, -0.1) is 0 Å². The van der Waals surface area contributed by atoms with Crippen molar-refractivity contribution in [2.75, 3.05) is 11.5 Å². The van der Waals surface area contributed by atoms with E-state index in [0.29, 0.717) is 12.8 Å². The Morgan fingerprint density at radius 2 is 1.95 bits per heavy atom. The average Bonchev–Trinajstić information content (AvgIpc) is 2.36. The van der Waals surface area contributed by atoms with Gasteiger partial charge in [-0.1, -0.05) is 18.2 Å². The Morgan fingerprint density at radius 3 is 2.57 bits per heavy atom. The molecule has 1 aliphatic rings. The number of nitrogens with one attached hydrogen (secondary N) is 1. The van der Waals surface area contributed by atoms with Gasteiger partial charge in [0.15, 0.2) is 9.84 Å². The van der Waals surface area contributed by atoms with Crippen molar-refractivity contribution in [3.05, 3.63) is 35.4 Å². The first-order chi connectivity index (χ1) is 9.69. The van der Waals surface area contributed by atoms with Gasteiger partial charge in [0.2, 0.25) is 0 Å². The molecule has 0 radical (unpaired) electrons. The Bertz CT molecular complexity index is 598. The van der Waals surface area contributed by atoms with Crippen LogP contribution >= 0.6 is 0 Å². The summed E-state index contributed by atoms with van der Waals surface area (Å²) in [5.41, 5.74) is -0.531. The molecule has 1 heterocycles. The van der Waals surface area contributed by atoms with Gasteiger partial charge in [-0.3, -0.25) is 0 Å². The summed E-state index contributed by atoms with van der Waals surface area (Å²) in [6.45, 7) is 1.63. The number of sulfone groups is 1. The fourth-order valence-electron chi connectivity index (χ4n) is 2.73. The molecule has 118 valence electrons. The summed E-state index contributed by atoms with van der Waals surface area (Å²) < 4.78 is 62.1. The summed E-state index contributed by atoms with van der Waals surface area (Å²) in [6.07, 6.45) is -3.20. The predicted molar refractivity (Wildman–Crippen MR) is 74.7 cm³/mol. The van der Waals surface area contributed by atoms with E-state index in [4.69, 9.17) is 0 Å². The summed E-state index contributed by atoms with van der Waals surface area (Å²) in [6, 6.07) is 4.54. The minimum Gasteiger partial charge on any atom is -0.306 e. The molecule has 0 aliphatic carbocycles. The van der Waals surface area contributed by atoms with Crippen molar-refractivity contribution in [3.63, 3.8) is 0 Å². The van der Waals surface area contributed by atoms with Crippen LogP contribution < -0.4 is 5.32 Å². The monoisotopic (exact) mass is 321 g/mol. The molecule has 1 N–H and O–H groups in total. The minimum absolute atomic E-state index is 0.00841. The molecule has 7 heteroatoms. The highest BCUT2D eigenvalue weighted by Crippen LogP contribution is 2.34. The van der Waals surface area contributed by atoms with Gasteiger partial charge in [-0.05, 0) is 31.4 Å². The number of alkyl halides is 3. The lowest BCUT2D eigenvalue weighted by Gasteiger charge is -2.28. The highest BCUT2D eigenvalue weighted by molar-refractivity contribution is 7.91. The van der Waals surface area contributed by atoms with E-state index in [1.807, 2.05) is 0 Å². The molecule has 2 atom stereocenters. The molecule has 1 aromatic carbocycles. The lowest BCUT2D eigenvalue weighted by atomic mass is 10.00. The van der Waals surface area contributed by atoms with Gasteiger partial charge in [0.25, 0.3) is 0 Å². The van der Waals surface area contributed by atoms with Crippen molar-refractivity contribution in [1.82, 2.24) is 5.32 Å². The molecule has 0 saturated carbocycles. The summed E-state index contributed by atoms with van der Waals surface area (Å²) >= 11 is 0. The third-order valence-electron chi connectivity index (χ3n) is 3.68. The Kier molecular flexibility index (Phi) is 4.63. The maximum absolute atomic E-state index is 13.0. The molecular formula is C14H18F3NO2S. The first-order valence-corrected chi connectivity index (χ1v) is 8.64. The molecule has 1 aliphatic heterocycles. The maximum atomic E-state index is 13.0. The highest BCUT2D eigenvalue weighted by atomic mass is 32.2. The standard InChI is InChI=1S/C14H18F3NO2S/c1-10(18-11-5-4-8-21(19,20)9-11)12-6-2-3-7-13(12)14(15,16)17/h2-3,6-7,10-11,18H,4-5,8-9H2,1H3. The predicted octanol–water partition coefficient (Wildman–Crippen LogP) is 2.93. The maximum Gasteiger partial charge on any atom is 0.416 e. The molecule has 0 bridgehead atoms. The summed E-state index contributed by atoms with van der Waals surface area (Å²) in [5, 5.41) is 3.02. The number of hydrogen-bond acceptors (Lipinski definition) is 3. The van der Waals surface area contributed by atoms with Crippen molar-refractivity contribution in [2.45, 2.75) is 38.0 Å². The van der Waals surface area contributed by atoms with Gasteiger partial charge in [-0.2, -0.15) is 13.2 Å². The van der Waals surface area contributed by atoms with Crippen LogP contribution in [-0.4, -0.2) is 26.0 Å². The molecule has 0 spiro atoms. The lowest BCUT2D eigenvalue weighted by Crippen LogP contribution is -2.41. The summed E-state index contributed by atoms with van der Waals surface area (Å²) in [4.78, 5) is 0. The Hall–Kier alpha value is -1.08. The quantitative estimate of drug-likeness (QED) is 0.931. The van der Waals surface area contributed by atoms with E-state index in [-0.39, 0.29) is 23.1 Å². The van der Waals surface area contributed by atoms with Crippen LogP contribution in [0.15, 0.2) is 24.3 Å². The van der Waals surface area contributed by atoms with E-state index >= 15 is 0 Å². The third-order valence-corrected chi connectivity index (χ3v) is 5.50. The van der Waals surface area contributed by atoms with Crippen LogP contribution in [0.2, 0.25) is 0 Å². The highest BCUT2D eigenvalue weighted by Gasteiger charge is 2.35. The topological polar surface area (TPSA) is 46.2 Å². The summed E-state index contributed by atoms with van der Waals surface area (Å²) in [7, 11) is -3.08. The second kappa shape index (κ2) is 5.96. The normalized spacial score (nSPS) is 23.7. The zero-order valence-corrected chi connectivity index (χ0v) is 12.5. The van der Waals surface area contributed by atoms with Gasteiger partial charge in [0, 0.05) is 12.1 Å². The van der Waals surface area contributed by atoms with E-state index in [1.165, 1.54) is 12.1 Å². The fourth-order valence-corrected chi connectivity index (χ4v) is 4.38. The molecule has 1 saturated heterocycles. The van der Waals surface area contributed by atoms with Crippen molar-refractivity contribution >= 4 is 9.84 Å². The Balaban J connectivity index is 2.16. The van der Waals surface area contributed by atoms with Crippen molar-refractivity contribution in [2.24, 2.45) is 0 Å². The van der Waals surface area contributed by atoms with E-state index in [0.717, 1.165) is 6.07 Å². The smallest absolute Gasteiger partial charge is 0.306 e. The number of rotatable bonds is 3. The average molecular weight is 321 g/mol. The first-order valence-electron chi connectivity index (χ1n) is 6.81. The first kappa shape index (κ1) is 16.3. The Labute approximate surface area is 122 Å². The van der Waals surface area contributed by atoms with Crippen LogP contribution in [0, 0.1) is 0 Å². The van der Waals surface area contributed by atoms with Crippen LogP contribution in [0.5, 0.6) is 0 Å². The zero-order valence-electron chi connectivity index (χ0n) is 11.7. The van der Waals surface area contributed by atoms with Crippen LogP contribution in [0.25, 0.3) is 0 Å². The molecule has 1 aromatic rings. The van der Waals surface area contributed by atoms with Gasteiger partial charge in [0.05, 0.1) is 17.1 Å². The van der Waals surface area contributed by atoms with Crippen molar-refractivity contribution in [1.29, 1.82) is 0 Å². The second-order valence-corrected chi connectivity index (χ2v) is 7.66. The molecule has 1 fully saturated rings. The zero-order chi connectivity index (χ0) is 15.7. The van der Waals surface area contributed by atoms with Gasteiger partial charge in [0.1, 0.15) is 0 Å². The number of hydrogen-bond donors (Lipinski definition) is 1. The molecule has 0 aromatic heterocycles. The number of halogens is 3. The van der Waals surface area contributed by atoms with Crippen LogP contribution in [0.4, 0.5) is 13.2 Å². The SMILES string of the molecule is CC(NC1CCCS(=O)(=O)C1)c1ccccc1C(F)(F)F. The van der Waals surface area contributed by atoms with Gasteiger partial charge < -0.3 is 5.32 Å². The van der Waals surface area contributed by atoms with Crippen molar-refractivity contribution < 1.29 is 21.6 Å². The van der Waals surface area contributed by atoms with Gasteiger partial charge >= 0.3 is 6.18 Å². The van der Waals surface area contributed by atoms with Crippen LogP contribution in [0.1, 0.15) is 36.9 Å². The number of benzene rings is 1. The second-order valence-electron chi connectivity index (χ2n) is 5.43.